The number of carbonyl (C=O) groups is 1. The largest absolute Gasteiger partial charge is 0.478 e. The van der Waals surface area contributed by atoms with Crippen LogP contribution in [0.5, 0.6) is 0 Å². The highest BCUT2D eigenvalue weighted by Crippen LogP contribution is 2.47. The topological polar surface area (TPSA) is 37.3 Å². The lowest BCUT2D eigenvalue weighted by atomic mass is 9.62. The Hall–Kier alpha value is -2.35. The molecule has 0 aromatic heterocycles. The van der Waals surface area contributed by atoms with Gasteiger partial charge in [-0.1, -0.05) is 78.3 Å². The molecule has 0 spiro atoms. The number of aromatic carboxylic acids is 1. The van der Waals surface area contributed by atoms with Crippen molar-refractivity contribution >= 4 is 17.6 Å². The molecule has 1 atom stereocenters. The predicted molar refractivity (Wildman–Crippen MR) is 136 cm³/mol. The number of fused-ring (bicyclic) bond motifs is 1. The van der Waals surface area contributed by atoms with Crippen molar-refractivity contribution in [1.29, 1.82) is 0 Å². The van der Waals surface area contributed by atoms with E-state index in [4.69, 9.17) is 0 Å². The number of carboxylic acid groups (broad SMARTS) is 1. The maximum Gasteiger partial charge on any atom is 0.335 e. The predicted octanol–water partition coefficient (Wildman–Crippen LogP) is 8.27. The smallest absolute Gasteiger partial charge is 0.335 e. The highest BCUT2D eigenvalue weighted by molar-refractivity contribution is 5.88. The lowest BCUT2D eigenvalue weighted by Gasteiger charge is -2.42. The number of hydrogen-bond acceptors (Lipinski definition) is 1. The fourth-order valence-electron chi connectivity index (χ4n) is 4.89. The van der Waals surface area contributed by atoms with Gasteiger partial charge in [-0.2, -0.15) is 0 Å². The Bertz CT molecular complexity index is 1010. The van der Waals surface area contributed by atoms with Crippen LogP contribution in [0.25, 0.3) is 11.6 Å². The number of carboxylic acids is 1. The standard InChI is InChI=1S/C30H40O2/c1-8-20(2)9-12-24-18-26-27(30(6,7)16-15-29(26,4)5)19-25(24)21(3)17-22-10-13-23(14-11-22)28(31)32/h10-11,13-14,17-20H,8-9,12,15-16H2,1-7H3,(H,31,32)/b21-17+. The molecule has 0 saturated heterocycles. The molecule has 0 radical (unpaired) electrons. The molecule has 0 aliphatic heterocycles. The van der Waals surface area contributed by atoms with Crippen LogP contribution in [0, 0.1) is 5.92 Å². The summed E-state index contributed by atoms with van der Waals surface area (Å²) in [5.41, 5.74) is 8.81. The Morgan fingerprint density at radius 2 is 1.59 bits per heavy atom. The van der Waals surface area contributed by atoms with E-state index < -0.39 is 5.97 Å². The van der Waals surface area contributed by atoms with Gasteiger partial charge in [0.2, 0.25) is 0 Å². The van der Waals surface area contributed by atoms with Gasteiger partial charge in [0.25, 0.3) is 0 Å². The number of allylic oxidation sites excluding steroid dienone is 1. The normalized spacial score (nSPS) is 18.2. The average molecular weight is 433 g/mol. The van der Waals surface area contributed by atoms with Crippen LogP contribution in [0.1, 0.15) is 112 Å². The molecule has 32 heavy (non-hydrogen) atoms. The molecule has 0 bridgehead atoms. The third kappa shape index (κ3) is 5.17. The third-order valence-electron chi connectivity index (χ3n) is 7.65. The maximum absolute atomic E-state index is 11.2. The van der Waals surface area contributed by atoms with Gasteiger partial charge in [0.15, 0.2) is 0 Å². The fraction of sp³-hybridized carbons (Fsp3) is 0.500. The van der Waals surface area contributed by atoms with Crippen LogP contribution in [-0.4, -0.2) is 11.1 Å². The minimum Gasteiger partial charge on any atom is -0.478 e. The zero-order valence-electron chi connectivity index (χ0n) is 21.0. The number of hydrogen-bond donors (Lipinski definition) is 1. The molecule has 2 heteroatoms. The van der Waals surface area contributed by atoms with Crippen molar-refractivity contribution in [2.75, 3.05) is 0 Å². The Morgan fingerprint density at radius 3 is 2.12 bits per heavy atom. The summed E-state index contributed by atoms with van der Waals surface area (Å²) in [6, 6.07) is 12.2. The first-order chi connectivity index (χ1) is 14.9. The minimum absolute atomic E-state index is 0.179. The van der Waals surface area contributed by atoms with Gasteiger partial charge in [-0.3, -0.25) is 0 Å². The molecular weight excluding hydrogens is 392 g/mol. The minimum atomic E-state index is -0.885. The highest BCUT2D eigenvalue weighted by Gasteiger charge is 2.37. The summed E-state index contributed by atoms with van der Waals surface area (Å²) in [7, 11) is 0. The second kappa shape index (κ2) is 9.25. The van der Waals surface area contributed by atoms with Crippen LogP contribution in [0.4, 0.5) is 0 Å². The lowest BCUT2D eigenvalue weighted by Crippen LogP contribution is -2.34. The first-order valence-electron chi connectivity index (χ1n) is 12.1. The van der Waals surface area contributed by atoms with Crippen LogP contribution < -0.4 is 0 Å². The van der Waals surface area contributed by atoms with Crippen molar-refractivity contribution in [2.45, 2.75) is 91.4 Å². The summed E-state index contributed by atoms with van der Waals surface area (Å²) in [5.74, 6) is -0.166. The van der Waals surface area contributed by atoms with Crippen LogP contribution in [-0.2, 0) is 17.3 Å². The molecule has 0 amide bonds. The summed E-state index contributed by atoms with van der Waals surface area (Å²) >= 11 is 0. The molecule has 0 saturated carbocycles. The molecule has 2 aromatic rings. The molecule has 1 aliphatic rings. The Morgan fingerprint density at radius 1 is 1.03 bits per heavy atom. The summed E-state index contributed by atoms with van der Waals surface area (Å²) in [6.07, 6.45) is 8.13. The van der Waals surface area contributed by atoms with Crippen molar-refractivity contribution in [3.8, 4) is 0 Å². The Kier molecular flexibility index (Phi) is 7.03. The van der Waals surface area contributed by atoms with E-state index in [9.17, 15) is 9.90 Å². The number of rotatable bonds is 7. The van der Waals surface area contributed by atoms with E-state index in [1.165, 1.54) is 53.5 Å². The van der Waals surface area contributed by atoms with E-state index in [-0.39, 0.29) is 10.8 Å². The monoisotopic (exact) mass is 432 g/mol. The van der Waals surface area contributed by atoms with Gasteiger partial charge in [-0.15, -0.1) is 0 Å². The molecular formula is C30H40O2. The van der Waals surface area contributed by atoms with Crippen molar-refractivity contribution in [2.24, 2.45) is 5.92 Å². The van der Waals surface area contributed by atoms with Gasteiger partial charge in [-0.05, 0) is 94.9 Å². The highest BCUT2D eigenvalue weighted by atomic mass is 16.4. The van der Waals surface area contributed by atoms with E-state index >= 15 is 0 Å². The molecule has 0 fully saturated rings. The van der Waals surface area contributed by atoms with Gasteiger partial charge in [0, 0.05) is 0 Å². The van der Waals surface area contributed by atoms with E-state index in [0.717, 1.165) is 17.9 Å². The summed E-state index contributed by atoms with van der Waals surface area (Å²) < 4.78 is 0. The van der Waals surface area contributed by atoms with E-state index in [1.54, 1.807) is 12.1 Å². The van der Waals surface area contributed by atoms with Gasteiger partial charge in [0.1, 0.15) is 0 Å². The second-order valence-corrected chi connectivity index (χ2v) is 11.1. The van der Waals surface area contributed by atoms with Crippen LogP contribution in [0.3, 0.4) is 0 Å². The maximum atomic E-state index is 11.2. The lowest BCUT2D eigenvalue weighted by molar-refractivity contribution is 0.0697. The summed E-state index contributed by atoms with van der Waals surface area (Å²) in [5, 5.41) is 9.18. The molecule has 3 rings (SSSR count). The van der Waals surface area contributed by atoms with Crippen molar-refractivity contribution in [3.63, 3.8) is 0 Å². The first kappa shape index (κ1) is 24.3. The average Bonchev–Trinajstić information content (AvgIpc) is 2.75. The second-order valence-electron chi connectivity index (χ2n) is 11.1. The molecule has 0 heterocycles. The van der Waals surface area contributed by atoms with Crippen LogP contribution >= 0.6 is 0 Å². The van der Waals surface area contributed by atoms with Gasteiger partial charge in [0.05, 0.1) is 5.56 Å². The molecule has 1 unspecified atom stereocenters. The fourth-order valence-corrected chi connectivity index (χ4v) is 4.89. The van der Waals surface area contributed by atoms with Crippen LogP contribution in [0.15, 0.2) is 36.4 Å². The van der Waals surface area contributed by atoms with Crippen molar-refractivity contribution < 1.29 is 9.90 Å². The zero-order chi connectivity index (χ0) is 23.7. The summed E-state index contributed by atoms with van der Waals surface area (Å²) in [4.78, 5) is 11.2. The first-order valence-corrected chi connectivity index (χ1v) is 12.1. The Balaban J connectivity index is 2.10. The van der Waals surface area contributed by atoms with Crippen molar-refractivity contribution in [1.82, 2.24) is 0 Å². The molecule has 2 nitrogen and oxygen atoms in total. The van der Waals surface area contributed by atoms with Crippen LogP contribution in [0.2, 0.25) is 0 Å². The molecule has 2 aromatic carbocycles. The molecule has 1 N–H and O–H groups in total. The van der Waals surface area contributed by atoms with E-state index in [0.29, 0.717) is 5.56 Å². The van der Waals surface area contributed by atoms with Gasteiger partial charge < -0.3 is 5.11 Å². The molecule has 172 valence electrons. The third-order valence-corrected chi connectivity index (χ3v) is 7.65. The van der Waals surface area contributed by atoms with E-state index in [1.807, 2.05) is 12.1 Å². The SMILES string of the molecule is CCC(C)CCc1cc2c(cc1/C(C)=C/c1ccc(C(=O)O)cc1)C(C)(C)CCC2(C)C. The number of benzene rings is 2. The van der Waals surface area contributed by atoms with E-state index in [2.05, 4.69) is 66.7 Å². The van der Waals surface area contributed by atoms with Gasteiger partial charge in [-0.25, -0.2) is 4.79 Å². The number of aryl methyl sites for hydroxylation is 1. The molecule has 1 aliphatic carbocycles. The van der Waals surface area contributed by atoms with Gasteiger partial charge >= 0.3 is 5.97 Å². The quantitative estimate of drug-likeness (QED) is 0.447. The van der Waals surface area contributed by atoms with Crippen molar-refractivity contribution in [3.05, 3.63) is 69.8 Å². The summed E-state index contributed by atoms with van der Waals surface area (Å²) in [6.45, 7) is 16.4. The Labute approximate surface area is 194 Å². The zero-order valence-corrected chi connectivity index (χ0v) is 21.0.